The third-order valence-corrected chi connectivity index (χ3v) is 5.96. The maximum absolute atomic E-state index is 15.0. The Balaban J connectivity index is 1.42. The Kier molecular flexibility index (Phi) is 7.73. The lowest BCUT2D eigenvalue weighted by Gasteiger charge is -2.24. The molecule has 1 aromatic carbocycles. The molecule has 16 heteroatoms. The molecule has 1 aromatic heterocycles. The van der Waals surface area contributed by atoms with E-state index in [1.165, 1.54) is 22.4 Å². The molecule has 3 N–H and O–H groups in total. The molecule has 3 heterocycles. The number of hydrogen-bond donors (Lipinski definition) is 3. The first kappa shape index (κ1) is 25.4. The van der Waals surface area contributed by atoms with Gasteiger partial charge in [-0.1, -0.05) is 0 Å². The number of amides is 3. The van der Waals surface area contributed by atoms with Gasteiger partial charge in [-0.3, -0.25) is 15.1 Å². The molecule has 36 heavy (non-hydrogen) atoms. The molecule has 0 spiro atoms. The zero-order valence-electron chi connectivity index (χ0n) is 18.5. The van der Waals surface area contributed by atoms with Gasteiger partial charge in [0.1, 0.15) is 5.69 Å². The Hall–Kier alpha value is -3.66. The highest BCUT2D eigenvalue weighted by Gasteiger charge is 2.36. The first-order valence-electron chi connectivity index (χ1n) is 10.6. The van der Waals surface area contributed by atoms with Crippen molar-refractivity contribution in [3.63, 3.8) is 0 Å². The molecule has 0 radical (unpaired) electrons. The van der Waals surface area contributed by atoms with E-state index in [0.717, 1.165) is 22.1 Å². The number of aliphatic hydroxyl groups is 1. The van der Waals surface area contributed by atoms with Gasteiger partial charge in [0.2, 0.25) is 0 Å². The van der Waals surface area contributed by atoms with E-state index in [1.54, 1.807) is 5.38 Å². The number of carbonyl (C=O) groups excluding carboxylic acids is 2. The minimum absolute atomic E-state index is 0.00739. The number of carbonyl (C=O) groups is 2. The Morgan fingerprint density at radius 1 is 1.28 bits per heavy atom. The molecule has 2 saturated heterocycles. The number of hydroxylamine groups is 2. The average molecular weight is 533 g/mol. The van der Waals surface area contributed by atoms with Crippen LogP contribution < -0.4 is 20.1 Å². The number of alkyl halides is 2. The summed E-state index contributed by atoms with van der Waals surface area (Å²) in [7, 11) is 0. The molecule has 2 aliphatic heterocycles. The third kappa shape index (κ3) is 5.76. The Labute approximate surface area is 205 Å². The molecule has 0 aliphatic carbocycles. The number of ether oxygens (including phenoxy) is 1. The van der Waals surface area contributed by atoms with Crippen LogP contribution >= 0.6 is 11.3 Å². The SMILES string of the molecule is O=C(Nc1nccs1)N1CCN(c2c(F)cc(N3C[C@H](C[NH+]=C(O)C(F)F)OC3=O)cc2F)CCO1. The van der Waals surface area contributed by atoms with E-state index in [1.807, 2.05) is 4.99 Å². The largest absolute Gasteiger partial charge is 0.459 e. The van der Waals surface area contributed by atoms with Crippen LogP contribution in [0.3, 0.4) is 0 Å². The standard InChI is InChI=1S/C20H20F4N6O5S/c21-13-7-11(29-10-12(35-20(29)33)9-26-17(31)16(23)24)8-14(22)15(13)28-2-3-30(34-5-4-28)19(32)27-18-25-1-6-36-18/h1,6-8,12,16H,2-5,9-10H2,(H,26,31)(H,25,27,32)/p+1/t12-/m0/s1. The van der Waals surface area contributed by atoms with Crippen molar-refractivity contribution in [3.05, 3.63) is 35.3 Å². The van der Waals surface area contributed by atoms with E-state index >= 15 is 8.78 Å². The quantitative estimate of drug-likeness (QED) is 0.291. The van der Waals surface area contributed by atoms with Crippen molar-refractivity contribution < 1.29 is 46.8 Å². The van der Waals surface area contributed by atoms with Crippen LogP contribution in [0.2, 0.25) is 0 Å². The first-order chi connectivity index (χ1) is 17.2. The van der Waals surface area contributed by atoms with Crippen molar-refractivity contribution in [3.8, 4) is 0 Å². The van der Waals surface area contributed by atoms with Crippen LogP contribution in [0.1, 0.15) is 0 Å². The van der Waals surface area contributed by atoms with Crippen LogP contribution in [0, 0.1) is 11.6 Å². The van der Waals surface area contributed by atoms with Gasteiger partial charge < -0.3 is 14.7 Å². The van der Waals surface area contributed by atoms with E-state index in [0.29, 0.717) is 5.13 Å². The number of nitrogens with one attached hydrogen (secondary N) is 2. The van der Waals surface area contributed by atoms with Crippen molar-refractivity contribution >= 4 is 45.9 Å². The maximum Gasteiger partial charge on any atom is 0.414 e. The van der Waals surface area contributed by atoms with Gasteiger partial charge in [-0.2, -0.15) is 8.78 Å². The summed E-state index contributed by atoms with van der Waals surface area (Å²) in [6.07, 6.45) is -3.45. The second kappa shape index (κ2) is 10.9. The number of rotatable bonds is 6. The normalized spacial score (nSPS) is 19.0. The predicted octanol–water partition coefficient (Wildman–Crippen LogP) is 1.33. The van der Waals surface area contributed by atoms with Gasteiger partial charge in [0.05, 0.1) is 25.4 Å². The highest BCUT2D eigenvalue weighted by atomic mass is 32.1. The van der Waals surface area contributed by atoms with E-state index in [4.69, 9.17) is 14.7 Å². The Morgan fingerprint density at radius 3 is 2.69 bits per heavy atom. The van der Waals surface area contributed by atoms with Crippen molar-refractivity contribution in [2.75, 3.05) is 54.4 Å². The number of benzene rings is 1. The smallest absolute Gasteiger partial charge is 0.414 e. The van der Waals surface area contributed by atoms with Crippen LogP contribution in [0.5, 0.6) is 0 Å². The van der Waals surface area contributed by atoms with Gasteiger partial charge in [-0.15, -0.1) is 11.3 Å². The molecule has 2 aromatic rings. The number of aromatic nitrogens is 1. The van der Waals surface area contributed by atoms with Gasteiger partial charge in [-0.25, -0.2) is 33.4 Å². The molecule has 194 valence electrons. The minimum Gasteiger partial charge on any atom is -0.459 e. The lowest BCUT2D eigenvalue weighted by atomic mass is 10.2. The summed E-state index contributed by atoms with van der Waals surface area (Å²) in [5, 5.41) is 14.7. The topological polar surface area (TPSA) is 121 Å². The molecule has 0 bridgehead atoms. The molecule has 4 rings (SSSR count). The van der Waals surface area contributed by atoms with Crippen LogP contribution in [0.4, 0.5) is 43.7 Å². The fourth-order valence-corrected chi connectivity index (χ4v) is 4.13. The average Bonchev–Trinajstić information content (AvgIpc) is 3.40. The number of anilines is 3. The fraction of sp³-hybridized carbons (Fsp3) is 0.400. The van der Waals surface area contributed by atoms with Gasteiger partial charge in [-0.05, 0) is 0 Å². The Bertz CT molecular complexity index is 1110. The van der Waals surface area contributed by atoms with Crippen molar-refractivity contribution in [1.29, 1.82) is 0 Å². The number of cyclic esters (lactones) is 1. The second-order valence-corrected chi connectivity index (χ2v) is 8.53. The molecular weight excluding hydrogens is 512 g/mol. The number of hydrogen-bond acceptors (Lipinski definition) is 7. The van der Waals surface area contributed by atoms with E-state index in [9.17, 15) is 18.4 Å². The Morgan fingerprint density at radius 2 is 2.03 bits per heavy atom. The maximum atomic E-state index is 15.0. The van der Waals surface area contributed by atoms with Crippen LogP contribution in [-0.4, -0.2) is 85.0 Å². The summed E-state index contributed by atoms with van der Waals surface area (Å²) in [5.74, 6) is -3.18. The van der Waals surface area contributed by atoms with Gasteiger partial charge >= 0.3 is 24.4 Å². The molecule has 0 unspecified atom stereocenters. The second-order valence-electron chi connectivity index (χ2n) is 7.63. The molecule has 3 amide bonds. The van der Waals surface area contributed by atoms with Gasteiger partial charge in [0.15, 0.2) is 29.4 Å². The molecule has 1 atom stereocenters. The number of halogens is 4. The number of thiazole rings is 1. The monoisotopic (exact) mass is 533 g/mol. The zero-order chi connectivity index (χ0) is 25.8. The van der Waals surface area contributed by atoms with Gasteiger partial charge in [0, 0.05) is 36.8 Å². The number of urea groups is 1. The van der Waals surface area contributed by atoms with E-state index < -0.39 is 42.2 Å². The van der Waals surface area contributed by atoms with Crippen molar-refractivity contribution in [2.24, 2.45) is 0 Å². The van der Waals surface area contributed by atoms with E-state index in [2.05, 4.69) is 10.3 Å². The van der Waals surface area contributed by atoms with Crippen molar-refractivity contribution in [1.82, 2.24) is 10.0 Å². The lowest BCUT2D eigenvalue weighted by Crippen LogP contribution is -2.77. The summed E-state index contributed by atoms with van der Waals surface area (Å²) >= 11 is 1.22. The minimum atomic E-state index is -3.11. The highest BCUT2D eigenvalue weighted by molar-refractivity contribution is 7.13. The summed E-state index contributed by atoms with van der Waals surface area (Å²) in [5.41, 5.74) is -0.481. The number of aliphatic hydroxyl groups excluding tert-OH is 1. The summed E-state index contributed by atoms with van der Waals surface area (Å²) in [6.45, 7) is -0.377. The van der Waals surface area contributed by atoms with Gasteiger partial charge in [0.25, 0.3) is 0 Å². The van der Waals surface area contributed by atoms with E-state index in [-0.39, 0.29) is 50.7 Å². The summed E-state index contributed by atoms with van der Waals surface area (Å²) < 4.78 is 59.8. The molecule has 2 aliphatic rings. The predicted molar refractivity (Wildman–Crippen MR) is 119 cm³/mol. The van der Waals surface area contributed by atoms with Crippen LogP contribution in [0.15, 0.2) is 23.7 Å². The summed E-state index contributed by atoms with van der Waals surface area (Å²) in [6, 6.07) is 1.34. The molecule has 0 saturated carbocycles. The molecule has 11 nitrogen and oxygen atoms in total. The highest BCUT2D eigenvalue weighted by Crippen LogP contribution is 2.31. The first-order valence-corrected chi connectivity index (χ1v) is 11.5. The number of nitrogens with zero attached hydrogens (tertiary/aromatic N) is 4. The molecular formula is C20H21F4N6O5S+. The summed E-state index contributed by atoms with van der Waals surface area (Å²) in [4.78, 5) is 38.2. The van der Waals surface area contributed by atoms with Crippen LogP contribution in [-0.2, 0) is 9.57 Å². The molecule has 2 fully saturated rings. The fourth-order valence-electron chi connectivity index (χ4n) is 3.62. The zero-order valence-corrected chi connectivity index (χ0v) is 19.3. The lowest BCUT2D eigenvalue weighted by molar-refractivity contribution is -0.480. The van der Waals surface area contributed by atoms with Crippen molar-refractivity contribution in [2.45, 2.75) is 12.5 Å². The van der Waals surface area contributed by atoms with Crippen LogP contribution in [0.25, 0.3) is 0 Å². The third-order valence-electron chi connectivity index (χ3n) is 5.28.